The first-order valence-electron chi connectivity index (χ1n) is 4.91. The zero-order valence-electron chi connectivity index (χ0n) is 8.77. The second-order valence-corrected chi connectivity index (χ2v) is 5.70. The van der Waals surface area contributed by atoms with Crippen molar-refractivity contribution in [1.29, 1.82) is 0 Å². The predicted octanol–water partition coefficient (Wildman–Crippen LogP) is 4.10. The highest BCUT2D eigenvalue weighted by Crippen LogP contribution is 2.60. The van der Waals surface area contributed by atoms with Crippen LogP contribution in [0.5, 0.6) is 0 Å². The third kappa shape index (κ3) is 2.14. The maximum Gasteiger partial charge on any atom is 0.111 e. The van der Waals surface area contributed by atoms with E-state index in [4.69, 9.17) is 23.2 Å². The molecule has 0 amide bonds. The van der Waals surface area contributed by atoms with Crippen molar-refractivity contribution in [2.24, 2.45) is 5.41 Å². The molecule has 1 aromatic rings. The maximum absolute atomic E-state index is 6.32. The fourth-order valence-electron chi connectivity index (χ4n) is 1.48. The third-order valence-electron chi connectivity index (χ3n) is 2.88. The van der Waals surface area contributed by atoms with Crippen LogP contribution in [0.3, 0.4) is 0 Å². The van der Waals surface area contributed by atoms with E-state index in [9.17, 15) is 0 Å². The lowest BCUT2D eigenvalue weighted by molar-refractivity contribution is 0.629. The summed E-state index contributed by atoms with van der Waals surface area (Å²) >= 11 is 12.1. The SMILES string of the molecule is CC1(C)CC1(Cl)C#Cc1ccc(Cl)cc1. The molecule has 1 atom stereocenters. The first kappa shape index (κ1) is 10.9. The van der Waals surface area contributed by atoms with Gasteiger partial charge in [-0.25, -0.2) is 0 Å². The van der Waals surface area contributed by atoms with Gasteiger partial charge in [0, 0.05) is 10.6 Å². The number of hydrogen-bond acceptors (Lipinski definition) is 0. The molecule has 0 N–H and O–H groups in total. The van der Waals surface area contributed by atoms with Crippen LogP contribution in [0.2, 0.25) is 5.02 Å². The van der Waals surface area contributed by atoms with Crippen molar-refractivity contribution in [2.75, 3.05) is 0 Å². The van der Waals surface area contributed by atoms with Crippen molar-refractivity contribution >= 4 is 23.2 Å². The quantitative estimate of drug-likeness (QED) is 0.472. The van der Waals surface area contributed by atoms with Gasteiger partial charge in [-0.15, -0.1) is 11.6 Å². The Balaban J connectivity index is 2.17. The standard InChI is InChI=1S/C13H12Cl2/c1-12(2)9-13(12,15)8-7-10-3-5-11(14)6-4-10/h3-6H,9H2,1-2H3. The van der Waals surface area contributed by atoms with E-state index in [2.05, 4.69) is 25.7 Å². The lowest BCUT2D eigenvalue weighted by Gasteiger charge is -2.02. The Morgan fingerprint density at radius 2 is 1.73 bits per heavy atom. The van der Waals surface area contributed by atoms with E-state index in [1.165, 1.54) is 0 Å². The second kappa shape index (κ2) is 3.44. The zero-order chi connectivity index (χ0) is 11.1. The summed E-state index contributed by atoms with van der Waals surface area (Å²) in [7, 11) is 0. The predicted molar refractivity (Wildman–Crippen MR) is 65.3 cm³/mol. The summed E-state index contributed by atoms with van der Waals surface area (Å²) in [6, 6.07) is 7.49. The van der Waals surface area contributed by atoms with Gasteiger partial charge in [0.25, 0.3) is 0 Å². The Hall–Kier alpha value is -0.640. The molecule has 1 aliphatic carbocycles. The fraction of sp³-hybridized carbons (Fsp3) is 0.385. The minimum absolute atomic E-state index is 0.147. The first-order valence-corrected chi connectivity index (χ1v) is 5.66. The molecule has 1 fully saturated rings. The molecule has 0 saturated heterocycles. The Morgan fingerprint density at radius 3 is 2.20 bits per heavy atom. The molecule has 1 aromatic carbocycles. The van der Waals surface area contributed by atoms with Crippen LogP contribution in [0.4, 0.5) is 0 Å². The first-order chi connectivity index (χ1) is 6.93. The summed E-state index contributed by atoms with van der Waals surface area (Å²) in [5.74, 6) is 6.22. The van der Waals surface area contributed by atoms with Crippen molar-refractivity contribution in [1.82, 2.24) is 0 Å². The largest absolute Gasteiger partial charge is 0.111 e. The Kier molecular flexibility index (Phi) is 2.49. The maximum atomic E-state index is 6.32. The number of rotatable bonds is 0. The third-order valence-corrected chi connectivity index (χ3v) is 3.87. The smallest absolute Gasteiger partial charge is 0.104 e. The molecule has 15 heavy (non-hydrogen) atoms. The molecular formula is C13H12Cl2. The molecule has 0 aliphatic heterocycles. The fourth-order valence-corrected chi connectivity index (χ4v) is 1.99. The minimum atomic E-state index is -0.327. The highest BCUT2D eigenvalue weighted by Gasteiger charge is 2.59. The average Bonchev–Trinajstić information content (AvgIpc) is 2.66. The Bertz CT molecular complexity index is 434. The number of hydrogen-bond donors (Lipinski definition) is 0. The average molecular weight is 239 g/mol. The number of halogens is 2. The van der Waals surface area contributed by atoms with Gasteiger partial charge in [0.15, 0.2) is 0 Å². The summed E-state index contributed by atoms with van der Waals surface area (Å²) in [5.41, 5.74) is 1.11. The lowest BCUT2D eigenvalue weighted by Crippen LogP contribution is -2.03. The van der Waals surface area contributed by atoms with E-state index in [0.717, 1.165) is 17.0 Å². The van der Waals surface area contributed by atoms with E-state index in [-0.39, 0.29) is 10.3 Å². The van der Waals surface area contributed by atoms with Crippen molar-refractivity contribution in [2.45, 2.75) is 25.1 Å². The molecule has 1 saturated carbocycles. The van der Waals surface area contributed by atoms with E-state index in [0.29, 0.717) is 0 Å². The van der Waals surface area contributed by atoms with E-state index >= 15 is 0 Å². The molecule has 0 radical (unpaired) electrons. The van der Waals surface area contributed by atoms with Gasteiger partial charge in [-0.2, -0.15) is 0 Å². The summed E-state index contributed by atoms with van der Waals surface area (Å²) in [5, 5.41) is 0.730. The van der Waals surface area contributed by atoms with Crippen LogP contribution in [0.25, 0.3) is 0 Å². The number of benzene rings is 1. The second-order valence-electron chi connectivity index (χ2n) is 4.62. The topological polar surface area (TPSA) is 0 Å². The van der Waals surface area contributed by atoms with E-state index < -0.39 is 0 Å². The van der Waals surface area contributed by atoms with Crippen LogP contribution in [0, 0.1) is 17.3 Å². The molecule has 0 spiro atoms. The molecule has 1 unspecified atom stereocenters. The molecule has 2 rings (SSSR count). The summed E-state index contributed by atoms with van der Waals surface area (Å²) in [6.07, 6.45) is 0.960. The van der Waals surface area contributed by atoms with Gasteiger partial charge >= 0.3 is 0 Å². The van der Waals surface area contributed by atoms with Gasteiger partial charge in [0.2, 0.25) is 0 Å². The molecule has 1 aliphatic rings. The van der Waals surface area contributed by atoms with Crippen molar-refractivity contribution in [3.05, 3.63) is 34.9 Å². The van der Waals surface area contributed by atoms with Crippen LogP contribution in [0.1, 0.15) is 25.8 Å². The van der Waals surface area contributed by atoms with Crippen molar-refractivity contribution in [3.8, 4) is 11.8 Å². The van der Waals surface area contributed by atoms with Crippen LogP contribution in [-0.4, -0.2) is 4.87 Å². The van der Waals surface area contributed by atoms with E-state index in [1.807, 2.05) is 24.3 Å². The van der Waals surface area contributed by atoms with E-state index in [1.54, 1.807) is 0 Å². The molecule has 0 heterocycles. The van der Waals surface area contributed by atoms with Crippen molar-refractivity contribution in [3.63, 3.8) is 0 Å². The Labute approximate surface area is 101 Å². The molecule has 2 heteroatoms. The van der Waals surface area contributed by atoms with Crippen LogP contribution < -0.4 is 0 Å². The Morgan fingerprint density at radius 1 is 1.20 bits per heavy atom. The summed E-state index contributed by atoms with van der Waals surface area (Å²) in [4.78, 5) is -0.327. The van der Waals surface area contributed by atoms with Crippen LogP contribution in [0.15, 0.2) is 24.3 Å². The highest BCUT2D eigenvalue weighted by atomic mass is 35.5. The molecule has 0 nitrogen and oxygen atoms in total. The van der Waals surface area contributed by atoms with Crippen molar-refractivity contribution < 1.29 is 0 Å². The normalized spacial score (nSPS) is 26.7. The lowest BCUT2D eigenvalue weighted by atomic mass is 10.1. The van der Waals surface area contributed by atoms with Gasteiger partial charge in [0.1, 0.15) is 4.87 Å². The van der Waals surface area contributed by atoms with Gasteiger partial charge in [-0.05, 0) is 36.1 Å². The van der Waals surface area contributed by atoms with Gasteiger partial charge in [-0.1, -0.05) is 37.3 Å². The van der Waals surface area contributed by atoms with Gasteiger partial charge < -0.3 is 0 Å². The highest BCUT2D eigenvalue weighted by molar-refractivity contribution is 6.30. The number of alkyl halides is 1. The monoisotopic (exact) mass is 238 g/mol. The summed E-state index contributed by atoms with van der Waals surface area (Å²) < 4.78 is 0. The van der Waals surface area contributed by atoms with Gasteiger partial charge in [-0.3, -0.25) is 0 Å². The zero-order valence-corrected chi connectivity index (χ0v) is 10.3. The molecule has 0 bridgehead atoms. The van der Waals surface area contributed by atoms with Crippen LogP contribution in [-0.2, 0) is 0 Å². The molecular weight excluding hydrogens is 227 g/mol. The molecule has 78 valence electrons. The van der Waals surface area contributed by atoms with Gasteiger partial charge in [0.05, 0.1) is 0 Å². The minimum Gasteiger partial charge on any atom is -0.104 e. The van der Waals surface area contributed by atoms with Crippen LogP contribution >= 0.6 is 23.2 Å². The summed E-state index contributed by atoms with van der Waals surface area (Å²) in [6.45, 7) is 4.27. The molecule has 0 aromatic heterocycles.